The first-order valence-corrected chi connectivity index (χ1v) is 10.8. The first-order valence-electron chi connectivity index (χ1n) is 9.47. The Bertz CT molecular complexity index is 512. The molecule has 0 amide bonds. The minimum atomic E-state index is -0.460. The average Bonchev–Trinajstić information content (AvgIpc) is 3.22. The number of rotatable bonds is 6. The zero-order valence-electron chi connectivity index (χ0n) is 15.3. The summed E-state index contributed by atoms with van der Waals surface area (Å²) >= 11 is 6.67. The molecule has 3 rings (SSSR count). The SMILES string of the molecule is CC1(S)CCC(COC(=O)CC(=O)OCC2CCC3(C)SC3C2)CC1. The maximum Gasteiger partial charge on any atom is 0.317 e. The number of esters is 2. The fraction of sp³-hybridized carbons (Fsp3) is 0.895. The minimum Gasteiger partial charge on any atom is -0.465 e. The van der Waals surface area contributed by atoms with Crippen LogP contribution in [0.5, 0.6) is 0 Å². The van der Waals surface area contributed by atoms with Crippen LogP contribution in [0.2, 0.25) is 0 Å². The monoisotopic (exact) mass is 386 g/mol. The van der Waals surface area contributed by atoms with E-state index < -0.39 is 11.9 Å². The number of thioether (sulfide) groups is 1. The van der Waals surface area contributed by atoms with Gasteiger partial charge in [-0.2, -0.15) is 12.6 Å². The Labute approximate surface area is 160 Å². The summed E-state index contributed by atoms with van der Waals surface area (Å²) in [5.74, 6) is -0.0647. The zero-order valence-corrected chi connectivity index (χ0v) is 17.0. The highest BCUT2D eigenvalue weighted by Crippen LogP contribution is 2.62. The number of hydrogen-bond donors (Lipinski definition) is 1. The van der Waals surface area contributed by atoms with Crippen LogP contribution in [-0.4, -0.2) is 39.9 Å². The molecular formula is C19H30O4S2. The van der Waals surface area contributed by atoms with Gasteiger partial charge in [0, 0.05) is 14.7 Å². The van der Waals surface area contributed by atoms with Crippen molar-refractivity contribution in [2.45, 2.75) is 80.0 Å². The van der Waals surface area contributed by atoms with E-state index in [1.165, 1.54) is 6.42 Å². The highest BCUT2D eigenvalue weighted by atomic mass is 32.2. The third-order valence-corrected chi connectivity index (χ3v) is 8.28. The summed E-state index contributed by atoms with van der Waals surface area (Å²) in [5, 5.41) is 0.740. The Kier molecular flexibility index (Phi) is 5.98. The molecule has 0 aromatic heterocycles. The lowest BCUT2D eigenvalue weighted by Crippen LogP contribution is -2.28. The number of hydrogen-bond acceptors (Lipinski definition) is 6. The van der Waals surface area contributed by atoms with Crippen LogP contribution in [0.3, 0.4) is 0 Å². The highest BCUT2D eigenvalue weighted by molar-refractivity contribution is 8.08. The largest absolute Gasteiger partial charge is 0.465 e. The minimum absolute atomic E-state index is 0.111. The van der Waals surface area contributed by atoms with E-state index in [0.717, 1.165) is 43.8 Å². The molecule has 3 aliphatic rings. The molecule has 142 valence electrons. The molecule has 2 saturated carbocycles. The van der Waals surface area contributed by atoms with E-state index in [9.17, 15) is 9.59 Å². The van der Waals surface area contributed by atoms with Gasteiger partial charge in [-0.1, -0.05) is 6.92 Å². The normalized spacial score (nSPS) is 40.0. The molecule has 0 aromatic rings. The summed E-state index contributed by atoms with van der Waals surface area (Å²) in [6.07, 6.45) is 7.32. The van der Waals surface area contributed by atoms with Crippen molar-refractivity contribution in [1.82, 2.24) is 0 Å². The molecule has 1 aliphatic heterocycles. The second kappa shape index (κ2) is 7.71. The van der Waals surface area contributed by atoms with Crippen molar-refractivity contribution in [2.24, 2.45) is 11.8 Å². The Morgan fingerprint density at radius 1 is 1.00 bits per heavy atom. The van der Waals surface area contributed by atoms with E-state index in [4.69, 9.17) is 9.47 Å². The third kappa shape index (κ3) is 5.56. The van der Waals surface area contributed by atoms with Gasteiger partial charge in [0.25, 0.3) is 0 Å². The number of fused-ring (bicyclic) bond motifs is 1. The van der Waals surface area contributed by atoms with Gasteiger partial charge in [0.1, 0.15) is 6.42 Å². The van der Waals surface area contributed by atoms with Crippen molar-refractivity contribution >= 4 is 36.3 Å². The Balaban J connectivity index is 1.27. The van der Waals surface area contributed by atoms with Gasteiger partial charge >= 0.3 is 11.9 Å². The molecule has 2 aliphatic carbocycles. The van der Waals surface area contributed by atoms with Gasteiger partial charge < -0.3 is 9.47 Å². The lowest BCUT2D eigenvalue weighted by molar-refractivity contribution is -0.156. The summed E-state index contributed by atoms with van der Waals surface area (Å²) in [6.45, 7) is 5.34. The fourth-order valence-corrected chi connectivity index (χ4v) is 5.64. The number of carbonyl (C=O) groups is 2. The molecule has 3 atom stereocenters. The van der Waals surface area contributed by atoms with Crippen LogP contribution < -0.4 is 0 Å². The number of thiol groups is 1. The second-order valence-electron chi connectivity index (χ2n) is 8.54. The Morgan fingerprint density at radius 2 is 1.56 bits per heavy atom. The maximum absolute atomic E-state index is 11.8. The molecule has 1 heterocycles. The Hall–Kier alpha value is -0.360. The van der Waals surface area contributed by atoms with Crippen molar-refractivity contribution < 1.29 is 19.1 Å². The molecule has 0 N–H and O–H groups in total. The van der Waals surface area contributed by atoms with Crippen LogP contribution >= 0.6 is 24.4 Å². The fourth-order valence-electron chi connectivity index (χ4n) is 3.98. The molecule has 25 heavy (non-hydrogen) atoms. The summed E-state index contributed by atoms with van der Waals surface area (Å²) in [4.78, 5) is 23.7. The van der Waals surface area contributed by atoms with Crippen LogP contribution in [0.1, 0.15) is 65.2 Å². The van der Waals surface area contributed by atoms with E-state index in [1.54, 1.807) is 0 Å². The lowest BCUT2D eigenvalue weighted by Gasteiger charge is -2.33. The van der Waals surface area contributed by atoms with Crippen molar-refractivity contribution in [1.29, 1.82) is 0 Å². The molecule has 0 radical (unpaired) electrons. The zero-order chi connectivity index (χ0) is 18.1. The highest BCUT2D eigenvalue weighted by Gasteiger charge is 2.54. The van der Waals surface area contributed by atoms with Crippen LogP contribution in [0.25, 0.3) is 0 Å². The standard InChI is InChI=1S/C19H30O4S2/c1-18(24)6-3-13(4-7-18)11-22-16(20)10-17(21)23-12-14-5-8-19(2)15(9-14)25-19/h13-15,24H,3-12H2,1-2H3. The van der Waals surface area contributed by atoms with Gasteiger partial charge in [-0.25, -0.2) is 0 Å². The summed E-state index contributed by atoms with van der Waals surface area (Å²) in [6, 6.07) is 0. The second-order valence-corrected chi connectivity index (χ2v) is 11.4. The molecule has 0 aromatic carbocycles. The van der Waals surface area contributed by atoms with Crippen molar-refractivity contribution in [3.8, 4) is 0 Å². The molecular weight excluding hydrogens is 356 g/mol. The molecule has 4 nitrogen and oxygen atoms in total. The summed E-state index contributed by atoms with van der Waals surface area (Å²) in [5.41, 5.74) is 0. The molecule has 6 heteroatoms. The smallest absolute Gasteiger partial charge is 0.317 e. The molecule has 3 fully saturated rings. The van der Waals surface area contributed by atoms with Crippen molar-refractivity contribution in [3.63, 3.8) is 0 Å². The van der Waals surface area contributed by atoms with Crippen LogP contribution in [0, 0.1) is 11.8 Å². The lowest BCUT2D eigenvalue weighted by atomic mass is 9.83. The molecule has 1 saturated heterocycles. The number of carbonyl (C=O) groups excluding carboxylic acids is 2. The predicted molar refractivity (Wildman–Crippen MR) is 103 cm³/mol. The molecule has 3 unspecified atom stereocenters. The van der Waals surface area contributed by atoms with Crippen LogP contribution in [0.4, 0.5) is 0 Å². The summed E-state index contributed by atoms with van der Waals surface area (Å²) < 4.78 is 11.2. The van der Waals surface area contributed by atoms with E-state index in [2.05, 4.69) is 38.2 Å². The summed E-state index contributed by atoms with van der Waals surface area (Å²) in [7, 11) is 0. The van der Waals surface area contributed by atoms with Crippen LogP contribution in [0.15, 0.2) is 0 Å². The van der Waals surface area contributed by atoms with Gasteiger partial charge in [-0.15, -0.1) is 11.8 Å². The predicted octanol–water partition coefficient (Wildman–Crippen LogP) is 4.02. The first-order chi connectivity index (χ1) is 11.8. The van der Waals surface area contributed by atoms with E-state index in [1.807, 2.05) is 0 Å². The van der Waals surface area contributed by atoms with E-state index in [0.29, 0.717) is 29.8 Å². The average molecular weight is 387 g/mol. The quantitative estimate of drug-likeness (QED) is 0.323. The van der Waals surface area contributed by atoms with Gasteiger partial charge in [0.2, 0.25) is 0 Å². The maximum atomic E-state index is 11.8. The first kappa shape index (κ1) is 19.4. The van der Waals surface area contributed by atoms with Crippen LogP contribution in [-0.2, 0) is 19.1 Å². The topological polar surface area (TPSA) is 52.6 Å². The van der Waals surface area contributed by atoms with Gasteiger partial charge in [0.05, 0.1) is 13.2 Å². The van der Waals surface area contributed by atoms with Gasteiger partial charge in [0.15, 0.2) is 0 Å². The van der Waals surface area contributed by atoms with E-state index >= 15 is 0 Å². The molecule has 0 bridgehead atoms. The molecule has 0 spiro atoms. The number of ether oxygens (including phenoxy) is 2. The van der Waals surface area contributed by atoms with Crippen molar-refractivity contribution in [3.05, 3.63) is 0 Å². The Morgan fingerprint density at radius 3 is 2.16 bits per heavy atom. The van der Waals surface area contributed by atoms with Crippen molar-refractivity contribution in [2.75, 3.05) is 13.2 Å². The van der Waals surface area contributed by atoms with Gasteiger partial charge in [-0.3, -0.25) is 9.59 Å². The van der Waals surface area contributed by atoms with Gasteiger partial charge in [-0.05, 0) is 63.7 Å². The third-order valence-electron chi connectivity index (χ3n) is 6.06. The van der Waals surface area contributed by atoms with E-state index in [-0.39, 0.29) is 11.2 Å².